The summed E-state index contributed by atoms with van der Waals surface area (Å²) < 4.78 is 17.5. The fourth-order valence-electron chi connectivity index (χ4n) is 12.0. The van der Waals surface area contributed by atoms with E-state index in [1.165, 1.54) is 31.4 Å². The van der Waals surface area contributed by atoms with Crippen molar-refractivity contribution in [2.75, 3.05) is 53.0 Å². The van der Waals surface area contributed by atoms with Crippen molar-refractivity contribution in [2.24, 2.45) is 28.6 Å². The lowest BCUT2D eigenvalue weighted by Crippen LogP contribution is -2.70. The van der Waals surface area contributed by atoms with Crippen LogP contribution in [0.3, 0.4) is 0 Å². The van der Waals surface area contributed by atoms with Gasteiger partial charge in [0.2, 0.25) is 5.95 Å². The molecule has 0 bridgehead atoms. The molecule has 3 aromatic rings. The number of unbranched alkanes of at least 4 members (excludes halogenated alkanes) is 7. The van der Waals surface area contributed by atoms with E-state index in [1.807, 2.05) is 25.8 Å². The second kappa shape index (κ2) is 22.9. The number of carboxylic acids is 1. The molecule has 0 saturated heterocycles. The molecule has 4 aliphatic carbocycles. The maximum Gasteiger partial charge on any atom is 0.326 e. The van der Waals surface area contributed by atoms with Gasteiger partial charge in [-0.05, 0) is 117 Å². The van der Waals surface area contributed by atoms with Crippen LogP contribution in [0.4, 0.5) is 21.8 Å². The minimum Gasteiger partial charge on any atom is -0.480 e. The zero-order valence-corrected chi connectivity index (χ0v) is 43.1. The summed E-state index contributed by atoms with van der Waals surface area (Å²) in [5, 5.41) is 39.3. The molecule has 386 valence electrons. The molecule has 7 rings (SSSR count). The number of anilines is 3. The normalized spacial score (nSPS) is 28.1. The number of benzene rings is 1. The molecule has 19 heteroatoms. The highest BCUT2D eigenvalue weighted by molar-refractivity contribution is 7.99. The lowest BCUT2D eigenvalue weighted by molar-refractivity contribution is -0.219. The van der Waals surface area contributed by atoms with E-state index in [9.17, 15) is 34.5 Å². The lowest BCUT2D eigenvalue weighted by atomic mass is 9.44. The van der Waals surface area contributed by atoms with E-state index in [-0.39, 0.29) is 29.9 Å². The molecular formula is C52H72FN9O7S2. The second-order valence-electron chi connectivity index (χ2n) is 20.5. The number of ketones is 1. The number of rotatable bonds is 24. The Bertz CT molecular complexity index is 2480. The molecule has 4 aliphatic rings. The number of nitrogens with zero attached hydrogens (tertiary/aromatic N) is 5. The van der Waals surface area contributed by atoms with Crippen molar-refractivity contribution in [1.29, 1.82) is 0 Å². The van der Waals surface area contributed by atoms with Crippen molar-refractivity contribution in [3.63, 3.8) is 0 Å². The molecule has 9 N–H and O–H groups in total. The Kier molecular flexibility index (Phi) is 17.4. The van der Waals surface area contributed by atoms with Gasteiger partial charge in [-0.1, -0.05) is 64.0 Å². The van der Waals surface area contributed by atoms with Crippen LogP contribution in [0.15, 0.2) is 54.3 Å². The Morgan fingerprint density at radius 2 is 1.61 bits per heavy atom. The third-order valence-electron chi connectivity index (χ3n) is 16.1. The van der Waals surface area contributed by atoms with Gasteiger partial charge in [-0.3, -0.25) is 14.4 Å². The average Bonchev–Trinajstić information content (AvgIpc) is 3.53. The van der Waals surface area contributed by atoms with Crippen LogP contribution in [0.5, 0.6) is 0 Å². The summed E-state index contributed by atoms with van der Waals surface area (Å²) in [6.45, 7) is 6.33. The molecule has 0 radical (unpaired) electrons. The smallest absolute Gasteiger partial charge is 0.326 e. The quantitative estimate of drug-likeness (QED) is 0.0453. The number of amides is 2. The van der Waals surface area contributed by atoms with Crippen LogP contribution in [0, 0.1) is 28.6 Å². The number of carbonyl (C=O) groups excluding carboxylic acids is 3. The molecule has 3 saturated carbocycles. The van der Waals surface area contributed by atoms with Crippen molar-refractivity contribution in [2.45, 2.75) is 134 Å². The summed E-state index contributed by atoms with van der Waals surface area (Å²) in [6, 6.07) is 5.91. The van der Waals surface area contributed by atoms with Gasteiger partial charge in [0.1, 0.15) is 6.04 Å². The van der Waals surface area contributed by atoms with Gasteiger partial charge in [-0.2, -0.15) is 33.5 Å². The van der Waals surface area contributed by atoms with Crippen molar-refractivity contribution in [1.82, 2.24) is 30.6 Å². The van der Waals surface area contributed by atoms with Crippen LogP contribution < -0.4 is 27.0 Å². The summed E-state index contributed by atoms with van der Waals surface area (Å²) >= 11 is 3.49. The van der Waals surface area contributed by atoms with E-state index < -0.39 is 63.9 Å². The molecule has 16 nitrogen and oxygen atoms in total. The Labute approximate surface area is 424 Å². The molecule has 9 atom stereocenters. The van der Waals surface area contributed by atoms with Crippen LogP contribution in [0.1, 0.15) is 120 Å². The summed E-state index contributed by atoms with van der Waals surface area (Å²) in [7, 11) is 1.87. The number of nitrogens with two attached hydrogens (primary N) is 2. The van der Waals surface area contributed by atoms with Crippen molar-refractivity contribution >= 4 is 75.7 Å². The Morgan fingerprint density at radius 3 is 2.28 bits per heavy atom. The molecule has 2 amide bonds. The minimum absolute atomic E-state index is 0.0258. The lowest BCUT2D eigenvalue weighted by Gasteiger charge is -2.62. The van der Waals surface area contributed by atoms with E-state index in [2.05, 4.69) is 30.6 Å². The van der Waals surface area contributed by atoms with Gasteiger partial charge in [0.15, 0.2) is 34.0 Å². The summed E-state index contributed by atoms with van der Waals surface area (Å²) in [5.41, 5.74) is 8.98. The number of aliphatic hydroxyl groups is 2. The maximum absolute atomic E-state index is 17.5. The van der Waals surface area contributed by atoms with Crippen LogP contribution >= 0.6 is 23.5 Å². The first-order chi connectivity index (χ1) is 33.8. The van der Waals surface area contributed by atoms with E-state index in [1.54, 1.807) is 67.0 Å². The Hall–Kier alpha value is -4.85. The third-order valence-corrected chi connectivity index (χ3v) is 18.2. The molecule has 3 fully saturated rings. The molecule has 2 aromatic heterocycles. The van der Waals surface area contributed by atoms with Gasteiger partial charge in [0.25, 0.3) is 11.8 Å². The fraction of sp³-hybridized carbons (Fsp3) is 0.615. The number of allylic oxidation sites excluding steroid dienone is 4. The molecule has 5 unspecified atom stereocenters. The number of carboxylic acid groups (broad SMARTS) is 1. The maximum atomic E-state index is 17.5. The predicted octanol–water partition coefficient (Wildman–Crippen LogP) is 6.85. The number of nitrogens with one attached hydrogen (secondary N) is 2. The first-order valence-corrected chi connectivity index (χ1v) is 27.5. The van der Waals surface area contributed by atoms with Crippen LogP contribution in [0.2, 0.25) is 0 Å². The number of thioether (sulfide) groups is 2. The number of fused-ring (bicyclic) bond motifs is 6. The number of hydrogen-bond acceptors (Lipinski definition) is 15. The van der Waals surface area contributed by atoms with Crippen molar-refractivity contribution < 1.29 is 38.9 Å². The van der Waals surface area contributed by atoms with Gasteiger partial charge < -0.3 is 42.3 Å². The van der Waals surface area contributed by atoms with Crippen molar-refractivity contribution in [3.05, 3.63) is 65.5 Å². The number of carbonyl (C=O) groups is 4. The predicted molar refractivity (Wildman–Crippen MR) is 278 cm³/mol. The van der Waals surface area contributed by atoms with Crippen LogP contribution in [-0.4, -0.2) is 119 Å². The fourth-order valence-corrected chi connectivity index (χ4v) is 13.9. The molecule has 0 spiro atoms. The second-order valence-corrected chi connectivity index (χ2v) is 23.0. The topological polar surface area (TPSA) is 260 Å². The third kappa shape index (κ3) is 11.2. The van der Waals surface area contributed by atoms with Gasteiger partial charge in [-0.15, -0.1) is 0 Å². The first kappa shape index (κ1) is 53.9. The van der Waals surface area contributed by atoms with Gasteiger partial charge in [-0.25, -0.2) is 19.2 Å². The van der Waals surface area contributed by atoms with E-state index in [0.29, 0.717) is 72.5 Å². The highest BCUT2D eigenvalue weighted by Gasteiger charge is 2.75. The first-order valence-electron chi connectivity index (χ1n) is 25.2. The molecule has 2 heterocycles. The van der Waals surface area contributed by atoms with Gasteiger partial charge >= 0.3 is 5.97 Å². The number of aliphatic hydroxyl groups excluding tert-OH is 1. The standard InChI is InChI=1S/C52H72FN9O7S2/c1-32-27-39-38-18-15-34-28-37(63)19-21-49(34,2)51(38,53)41(64)29-50(39,3)52(32,69)47(68)56-22-26-71-24-12-10-8-6-5-7-9-11-23-70-25-20-40(46(66)67)59-45(65)33-13-16-36(17-14-33)62(4)31-35-30-57-44-42(58-35)43(54)60-48(55)61-44/h13-14,16-17,19,21,28,30,32,38-41,64,69H,5-12,15,18,20,22-27,29,31H2,1-4H3,(H,56,68)(H,59,65)(H,66,67)(H4,54,55,57,60,61)/t32-,38?,39?,40?,41?,49+,50+,51?,52+/m1/s1. The zero-order chi connectivity index (χ0) is 51.1. The minimum atomic E-state index is -2.00. The van der Waals surface area contributed by atoms with E-state index in [4.69, 9.17) is 11.5 Å². The van der Waals surface area contributed by atoms with Crippen molar-refractivity contribution in [3.8, 4) is 0 Å². The van der Waals surface area contributed by atoms with Crippen LogP contribution in [-0.2, 0) is 20.9 Å². The average molecular weight is 1020 g/mol. The zero-order valence-electron chi connectivity index (χ0n) is 41.5. The Balaban J connectivity index is 0.706. The molecule has 0 aliphatic heterocycles. The molecule has 71 heavy (non-hydrogen) atoms. The summed E-state index contributed by atoms with van der Waals surface area (Å²) in [5.74, 6) is 0.112. The number of aromatic nitrogens is 4. The van der Waals surface area contributed by atoms with Gasteiger partial charge in [0.05, 0.1) is 24.5 Å². The number of hydrogen-bond donors (Lipinski definition) is 7. The number of nitrogen functional groups attached to an aromatic ring is 2. The number of halogens is 1. The number of aliphatic carboxylic acids is 1. The monoisotopic (exact) mass is 1020 g/mol. The highest BCUT2D eigenvalue weighted by atomic mass is 32.2. The number of alkyl halides is 1. The summed E-state index contributed by atoms with van der Waals surface area (Å²) in [6.07, 6.45) is 15.6. The van der Waals surface area contributed by atoms with Gasteiger partial charge in [0, 0.05) is 47.3 Å². The largest absolute Gasteiger partial charge is 0.480 e. The Morgan fingerprint density at radius 1 is 0.944 bits per heavy atom. The summed E-state index contributed by atoms with van der Waals surface area (Å²) in [4.78, 5) is 69.7. The van der Waals surface area contributed by atoms with E-state index in [0.717, 1.165) is 55.1 Å². The van der Waals surface area contributed by atoms with Crippen LogP contribution in [0.25, 0.3) is 11.2 Å². The SMILES string of the molecule is C[C@@H]1CC2C3CCC4=CC(=O)C=C[C@]4(C)C3(F)C(O)C[C@]2(C)[C@@]1(O)C(=O)NCCSCCCCCCCCCCSCCC(NC(=O)c1ccc(N(C)Cc2cnc3nc(N)nc(N)c3n2)cc1)C(=O)O. The highest BCUT2D eigenvalue weighted by Crippen LogP contribution is 2.70. The molecule has 1 aromatic carbocycles. The van der Waals surface area contributed by atoms with E-state index >= 15 is 4.39 Å². The molecular weight excluding hydrogens is 946 g/mol.